The fourth-order valence-electron chi connectivity index (χ4n) is 6.34. The summed E-state index contributed by atoms with van der Waals surface area (Å²) in [6.07, 6.45) is 7.05. The minimum Gasteiger partial charge on any atom is -0.352 e. The smallest absolute Gasteiger partial charge is 0.242 e. The number of nitriles is 1. The molecular formula is C25H29N7O. The number of carbonyl (C=O) groups is 1. The van der Waals surface area contributed by atoms with Gasteiger partial charge in [0.15, 0.2) is 0 Å². The molecule has 1 amide bonds. The molecule has 4 heterocycles. The van der Waals surface area contributed by atoms with Crippen LogP contribution in [0.4, 0.5) is 5.95 Å². The number of anilines is 1. The molecule has 8 nitrogen and oxygen atoms in total. The molecule has 2 N–H and O–H groups in total. The van der Waals surface area contributed by atoms with Crippen LogP contribution in [0.1, 0.15) is 36.8 Å². The Kier molecular flexibility index (Phi) is 4.86. The Hall–Kier alpha value is -3.02. The van der Waals surface area contributed by atoms with Gasteiger partial charge < -0.3 is 10.2 Å². The maximum atomic E-state index is 13.4. The second-order valence-corrected chi connectivity index (χ2v) is 10.4. The zero-order valence-electron chi connectivity index (χ0n) is 18.7. The van der Waals surface area contributed by atoms with E-state index in [-0.39, 0.29) is 18.0 Å². The molecule has 4 aliphatic rings. The van der Waals surface area contributed by atoms with Crippen molar-refractivity contribution in [3.63, 3.8) is 0 Å². The van der Waals surface area contributed by atoms with Crippen LogP contribution in [0.15, 0.2) is 42.7 Å². The third-order valence-corrected chi connectivity index (χ3v) is 7.85. The lowest BCUT2D eigenvalue weighted by atomic mass is 9.60. The summed E-state index contributed by atoms with van der Waals surface area (Å²) in [7, 11) is 0. The summed E-state index contributed by atoms with van der Waals surface area (Å²) in [5.74, 6) is 0.707. The molecule has 1 aromatic carbocycles. The van der Waals surface area contributed by atoms with Gasteiger partial charge in [-0.2, -0.15) is 5.26 Å². The third-order valence-electron chi connectivity index (χ3n) is 7.85. The summed E-state index contributed by atoms with van der Waals surface area (Å²) in [5.41, 5.74) is 1.62. The molecule has 8 heteroatoms. The molecule has 3 aliphatic heterocycles. The second-order valence-electron chi connectivity index (χ2n) is 10.4. The average Bonchev–Trinajstić information content (AvgIpc) is 3.11. The fraction of sp³-hybridized carbons (Fsp3) is 0.520. The summed E-state index contributed by atoms with van der Waals surface area (Å²) in [6, 6.07) is 13.2. The van der Waals surface area contributed by atoms with Crippen LogP contribution < -0.4 is 15.5 Å². The van der Waals surface area contributed by atoms with Crippen LogP contribution in [-0.2, 0) is 11.3 Å². The van der Waals surface area contributed by atoms with Gasteiger partial charge in [-0.05, 0) is 36.7 Å². The van der Waals surface area contributed by atoms with E-state index < -0.39 is 5.54 Å². The maximum Gasteiger partial charge on any atom is 0.242 e. The van der Waals surface area contributed by atoms with E-state index in [1.54, 1.807) is 12.4 Å². The van der Waals surface area contributed by atoms with Gasteiger partial charge in [0.25, 0.3) is 0 Å². The number of rotatable bonds is 5. The molecular weight excluding hydrogens is 414 g/mol. The van der Waals surface area contributed by atoms with Crippen molar-refractivity contribution in [2.75, 3.05) is 31.1 Å². The van der Waals surface area contributed by atoms with Gasteiger partial charge in [-0.1, -0.05) is 30.3 Å². The SMILES string of the molecule is N#Cc1cnc(N2CC3CCC(C(=O)NC4CC5(C4)CN(Cc4ccccc4)C5)(C2)N3)nc1. The van der Waals surface area contributed by atoms with E-state index in [9.17, 15) is 4.79 Å². The zero-order valence-corrected chi connectivity index (χ0v) is 18.7. The normalized spacial score (nSPS) is 28.1. The highest BCUT2D eigenvalue weighted by Gasteiger charge is 2.55. The molecule has 1 saturated carbocycles. The Morgan fingerprint density at radius 3 is 2.67 bits per heavy atom. The number of carbonyl (C=O) groups excluding carboxylic acids is 1. The lowest BCUT2D eigenvalue weighted by molar-refractivity contribution is -0.133. The van der Waals surface area contributed by atoms with Gasteiger partial charge in [-0.15, -0.1) is 0 Å². The second kappa shape index (κ2) is 7.79. The lowest BCUT2D eigenvalue weighted by Gasteiger charge is -2.59. The highest BCUT2D eigenvalue weighted by Crippen LogP contribution is 2.49. The van der Waals surface area contributed by atoms with E-state index in [1.165, 1.54) is 5.56 Å². The van der Waals surface area contributed by atoms with Gasteiger partial charge in [0.2, 0.25) is 11.9 Å². The summed E-state index contributed by atoms with van der Waals surface area (Å²) in [5, 5.41) is 15.9. The molecule has 2 bridgehead atoms. The Bertz CT molecular complexity index is 1070. The van der Waals surface area contributed by atoms with Gasteiger partial charge in [0.05, 0.1) is 18.0 Å². The zero-order chi connectivity index (χ0) is 22.5. The summed E-state index contributed by atoms with van der Waals surface area (Å²) >= 11 is 0. The minimum atomic E-state index is -0.581. The van der Waals surface area contributed by atoms with Gasteiger partial charge in [-0.25, -0.2) is 9.97 Å². The number of aromatic nitrogens is 2. The van der Waals surface area contributed by atoms with E-state index in [0.717, 1.165) is 51.9 Å². The largest absolute Gasteiger partial charge is 0.352 e. The average molecular weight is 444 g/mol. The van der Waals surface area contributed by atoms with Crippen molar-refractivity contribution >= 4 is 11.9 Å². The molecule has 3 saturated heterocycles. The highest BCUT2D eigenvalue weighted by molar-refractivity contribution is 5.88. The van der Waals surface area contributed by atoms with E-state index in [1.807, 2.05) is 0 Å². The Labute approximate surface area is 194 Å². The minimum absolute atomic E-state index is 0.115. The number of amides is 1. The standard InChI is InChI=1S/C25H29N7O/c26-10-19-11-27-23(28-12-19)32-14-20-6-7-25(17-32,30-20)22(33)29-21-8-24(9-21)15-31(16-24)13-18-4-2-1-3-5-18/h1-5,11-12,20-21,30H,6-9,13-17H2,(H,29,33). The monoisotopic (exact) mass is 443 g/mol. The first-order valence-corrected chi connectivity index (χ1v) is 11.9. The first-order valence-electron chi connectivity index (χ1n) is 11.9. The van der Waals surface area contributed by atoms with Crippen molar-refractivity contribution in [1.82, 2.24) is 25.5 Å². The fourth-order valence-corrected chi connectivity index (χ4v) is 6.34. The molecule has 0 radical (unpaired) electrons. The van der Waals surface area contributed by atoms with Gasteiger partial charge in [0.1, 0.15) is 11.6 Å². The van der Waals surface area contributed by atoms with Crippen LogP contribution in [0.2, 0.25) is 0 Å². The van der Waals surface area contributed by atoms with E-state index >= 15 is 0 Å². The predicted octanol–water partition coefficient (Wildman–Crippen LogP) is 1.44. The topological polar surface area (TPSA) is 97.2 Å². The van der Waals surface area contributed by atoms with Gasteiger partial charge in [0, 0.05) is 44.8 Å². The van der Waals surface area contributed by atoms with Gasteiger partial charge in [-0.3, -0.25) is 15.0 Å². The van der Waals surface area contributed by atoms with E-state index in [4.69, 9.17) is 5.26 Å². The van der Waals surface area contributed by atoms with Gasteiger partial charge >= 0.3 is 0 Å². The number of likely N-dealkylation sites (tertiary alicyclic amines) is 1. The van der Waals surface area contributed by atoms with Crippen molar-refractivity contribution in [3.05, 3.63) is 53.9 Å². The number of nitrogens with one attached hydrogen (secondary N) is 2. The number of fused-ring (bicyclic) bond motifs is 2. The number of hydrogen-bond donors (Lipinski definition) is 2. The van der Waals surface area contributed by atoms with Crippen LogP contribution in [0.25, 0.3) is 0 Å². The van der Waals surface area contributed by atoms with Crippen LogP contribution in [0.3, 0.4) is 0 Å². The Balaban J connectivity index is 1.03. The molecule has 1 aliphatic carbocycles. The van der Waals surface area contributed by atoms with Crippen molar-refractivity contribution in [2.45, 2.75) is 49.9 Å². The molecule has 2 unspecified atom stereocenters. The molecule has 6 rings (SSSR count). The molecule has 4 fully saturated rings. The van der Waals surface area contributed by atoms with E-state index in [0.29, 0.717) is 23.5 Å². The number of nitrogens with zero attached hydrogens (tertiary/aromatic N) is 5. The number of piperazine rings is 1. The highest BCUT2D eigenvalue weighted by atomic mass is 16.2. The third kappa shape index (κ3) is 3.75. The number of benzene rings is 1. The van der Waals surface area contributed by atoms with E-state index in [2.05, 4.69) is 66.8 Å². The van der Waals surface area contributed by atoms with Crippen LogP contribution in [-0.4, -0.2) is 64.6 Å². The molecule has 33 heavy (non-hydrogen) atoms. The first-order chi connectivity index (χ1) is 16.0. The van der Waals surface area contributed by atoms with Crippen LogP contribution in [0, 0.1) is 16.7 Å². The quantitative estimate of drug-likeness (QED) is 0.722. The summed E-state index contributed by atoms with van der Waals surface area (Å²) in [6.45, 7) is 4.61. The first kappa shape index (κ1) is 20.6. The van der Waals surface area contributed by atoms with Crippen LogP contribution in [0.5, 0.6) is 0 Å². The summed E-state index contributed by atoms with van der Waals surface area (Å²) in [4.78, 5) is 26.7. The van der Waals surface area contributed by atoms with Crippen molar-refractivity contribution < 1.29 is 4.79 Å². The number of hydrogen-bond acceptors (Lipinski definition) is 7. The molecule has 2 aromatic rings. The lowest BCUT2D eigenvalue weighted by Crippen LogP contribution is -2.70. The van der Waals surface area contributed by atoms with Crippen molar-refractivity contribution in [3.8, 4) is 6.07 Å². The van der Waals surface area contributed by atoms with Crippen molar-refractivity contribution in [2.24, 2.45) is 5.41 Å². The van der Waals surface area contributed by atoms with Crippen LogP contribution >= 0.6 is 0 Å². The maximum absolute atomic E-state index is 13.4. The molecule has 1 spiro atoms. The molecule has 2 atom stereocenters. The molecule has 1 aromatic heterocycles. The predicted molar refractivity (Wildman–Crippen MR) is 123 cm³/mol. The summed E-state index contributed by atoms with van der Waals surface area (Å²) < 4.78 is 0. The van der Waals surface area contributed by atoms with Crippen molar-refractivity contribution in [1.29, 1.82) is 5.26 Å². The Morgan fingerprint density at radius 1 is 1.18 bits per heavy atom. The Morgan fingerprint density at radius 2 is 1.94 bits per heavy atom. The molecule has 170 valence electrons.